The summed E-state index contributed by atoms with van der Waals surface area (Å²) in [4.78, 5) is 0. The molecule has 0 nitrogen and oxygen atoms in total. The maximum Gasteiger partial charge on any atom is 0.0434 e. The molecule has 0 saturated heterocycles. The van der Waals surface area contributed by atoms with Crippen LogP contribution in [0.15, 0.2) is 207 Å². The first kappa shape index (κ1) is 36.3. The minimum Gasteiger partial charge on any atom is -0.135 e. The molecular formula is C61H40S. The molecular weight excluding hydrogens is 765 g/mol. The zero-order valence-electron chi connectivity index (χ0n) is 34.3. The molecule has 0 radical (unpaired) electrons. The second kappa shape index (κ2) is 14.6. The third kappa shape index (κ3) is 5.45. The van der Waals surface area contributed by atoms with E-state index in [-0.39, 0.29) is 0 Å². The van der Waals surface area contributed by atoms with Crippen LogP contribution in [0.2, 0.25) is 0 Å². The van der Waals surface area contributed by atoms with E-state index in [1.54, 1.807) is 0 Å². The van der Waals surface area contributed by atoms with E-state index in [9.17, 15) is 0 Å². The summed E-state index contributed by atoms with van der Waals surface area (Å²) in [5, 5.41) is 15.1. The third-order valence-corrected chi connectivity index (χ3v) is 14.2. The summed E-state index contributed by atoms with van der Waals surface area (Å²) >= 11 is 1.90. The Kier molecular flexibility index (Phi) is 8.52. The van der Waals surface area contributed by atoms with Crippen LogP contribution in [0.5, 0.6) is 0 Å². The first-order valence-electron chi connectivity index (χ1n) is 21.4. The van der Waals surface area contributed by atoms with Crippen LogP contribution in [0.1, 0.15) is 18.1 Å². The van der Waals surface area contributed by atoms with Crippen LogP contribution in [-0.4, -0.2) is 0 Å². The summed E-state index contributed by atoms with van der Waals surface area (Å²) < 4.78 is 2.58. The molecule has 1 heteroatoms. The fourth-order valence-electron chi connectivity index (χ4n) is 10.4. The van der Waals surface area contributed by atoms with Gasteiger partial charge in [0.1, 0.15) is 0 Å². The lowest BCUT2D eigenvalue weighted by Crippen LogP contribution is -1.97. The van der Waals surface area contributed by atoms with Crippen molar-refractivity contribution in [3.8, 4) is 44.5 Å². The molecule has 0 aliphatic rings. The fourth-order valence-corrected chi connectivity index (χ4v) is 11.6. The number of thiophene rings is 1. The van der Waals surface area contributed by atoms with Gasteiger partial charge in [-0.3, -0.25) is 0 Å². The predicted octanol–water partition coefficient (Wildman–Crippen LogP) is 18.2. The minimum absolute atomic E-state index is 1.15. The molecule has 0 saturated carbocycles. The SMILES string of the molecule is C=Cc1c(/C=C\C)c(-c2cccc3c2sc2ccc(-c4c5ccccc5c(-c5cccc6ccccc56)c5ccccc45)cc23)c2ccccc2c1-c1cccc2ccccc12. The van der Waals surface area contributed by atoms with Crippen LogP contribution in [0.4, 0.5) is 0 Å². The van der Waals surface area contributed by atoms with Gasteiger partial charge in [0.05, 0.1) is 0 Å². The van der Waals surface area contributed by atoms with Gasteiger partial charge in [-0.15, -0.1) is 11.3 Å². The molecule has 0 aliphatic heterocycles. The highest BCUT2D eigenvalue weighted by atomic mass is 32.1. The van der Waals surface area contributed by atoms with E-state index in [0.717, 1.165) is 5.56 Å². The molecule has 290 valence electrons. The lowest BCUT2D eigenvalue weighted by molar-refractivity contribution is 1.60. The van der Waals surface area contributed by atoms with Crippen molar-refractivity contribution in [3.05, 3.63) is 218 Å². The summed E-state index contributed by atoms with van der Waals surface area (Å²) in [5.41, 5.74) is 12.4. The van der Waals surface area contributed by atoms with Crippen LogP contribution in [0, 0.1) is 0 Å². The van der Waals surface area contributed by atoms with Gasteiger partial charge < -0.3 is 0 Å². The van der Waals surface area contributed by atoms with E-state index in [2.05, 4.69) is 226 Å². The van der Waals surface area contributed by atoms with Gasteiger partial charge in [-0.25, -0.2) is 0 Å². The molecule has 0 amide bonds. The van der Waals surface area contributed by atoms with Crippen molar-refractivity contribution in [1.82, 2.24) is 0 Å². The van der Waals surface area contributed by atoms with E-state index in [1.807, 2.05) is 11.3 Å². The molecule has 12 aromatic rings. The van der Waals surface area contributed by atoms with Crippen LogP contribution in [-0.2, 0) is 0 Å². The summed E-state index contributed by atoms with van der Waals surface area (Å²) in [6.45, 7) is 6.58. The molecule has 0 spiro atoms. The molecule has 1 heterocycles. The number of hydrogen-bond donors (Lipinski definition) is 0. The number of benzene rings is 11. The molecule has 0 bridgehead atoms. The van der Waals surface area contributed by atoms with E-state index in [4.69, 9.17) is 0 Å². The lowest BCUT2D eigenvalue weighted by Gasteiger charge is -2.21. The van der Waals surface area contributed by atoms with Crippen molar-refractivity contribution < 1.29 is 0 Å². The first-order chi connectivity index (χ1) is 30.7. The third-order valence-electron chi connectivity index (χ3n) is 12.9. The van der Waals surface area contributed by atoms with Crippen molar-refractivity contribution in [2.45, 2.75) is 6.92 Å². The Morgan fingerprint density at radius 2 is 0.806 bits per heavy atom. The van der Waals surface area contributed by atoms with Gasteiger partial charge in [0.2, 0.25) is 0 Å². The zero-order chi connectivity index (χ0) is 41.3. The smallest absolute Gasteiger partial charge is 0.0434 e. The Balaban J connectivity index is 1.11. The normalized spacial score (nSPS) is 12.0. The highest BCUT2D eigenvalue weighted by Crippen LogP contribution is 2.50. The van der Waals surface area contributed by atoms with E-state index in [1.165, 1.54) is 124 Å². The van der Waals surface area contributed by atoms with Gasteiger partial charge in [0.25, 0.3) is 0 Å². The molecule has 0 fully saturated rings. The van der Waals surface area contributed by atoms with Gasteiger partial charge in [-0.1, -0.05) is 207 Å². The number of allylic oxidation sites excluding steroid dienone is 1. The standard InChI is InChI=1S/C61H40S/c1-3-18-44-41(4-2)58(45-31-15-21-38-19-5-7-23-42(38)45)51-29-13-14-30-52(51)60(44)54-34-17-33-53-55-37-40(35-36-56(55)62-61(53)54)57-47-25-9-11-27-49(47)59(50-28-12-10-26-48(50)57)46-32-16-22-39-20-6-8-24-43(39)46/h3-37H,2H2,1H3/b18-3-. The maximum absolute atomic E-state index is 4.46. The zero-order valence-corrected chi connectivity index (χ0v) is 35.1. The molecule has 62 heavy (non-hydrogen) atoms. The molecule has 1 aromatic heterocycles. The lowest BCUT2D eigenvalue weighted by atomic mass is 9.82. The largest absolute Gasteiger partial charge is 0.135 e. The average molecular weight is 805 g/mol. The summed E-state index contributed by atoms with van der Waals surface area (Å²) in [6, 6.07) is 71.8. The predicted molar refractivity (Wildman–Crippen MR) is 273 cm³/mol. The average Bonchev–Trinajstić information content (AvgIpc) is 3.71. The molecule has 12 rings (SSSR count). The van der Waals surface area contributed by atoms with E-state index in [0.29, 0.717) is 0 Å². The van der Waals surface area contributed by atoms with Crippen molar-refractivity contribution in [2.75, 3.05) is 0 Å². The minimum atomic E-state index is 1.15. The number of rotatable bonds is 6. The Hall–Kier alpha value is -7.58. The number of hydrogen-bond acceptors (Lipinski definition) is 1. The van der Waals surface area contributed by atoms with Crippen molar-refractivity contribution >= 4 is 97.5 Å². The Morgan fingerprint density at radius 3 is 1.37 bits per heavy atom. The van der Waals surface area contributed by atoms with Crippen LogP contribution in [0.3, 0.4) is 0 Å². The van der Waals surface area contributed by atoms with Gasteiger partial charge >= 0.3 is 0 Å². The summed E-state index contributed by atoms with van der Waals surface area (Å²) in [7, 11) is 0. The van der Waals surface area contributed by atoms with Crippen molar-refractivity contribution in [2.24, 2.45) is 0 Å². The van der Waals surface area contributed by atoms with Gasteiger partial charge in [-0.05, 0) is 123 Å². The topological polar surface area (TPSA) is 0 Å². The molecule has 0 atom stereocenters. The van der Waals surface area contributed by atoms with Crippen molar-refractivity contribution in [3.63, 3.8) is 0 Å². The fraction of sp³-hybridized carbons (Fsp3) is 0.0164. The molecule has 0 aliphatic carbocycles. The Bertz CT molecular complexity index is 3770. The van der Waals surface area contributed by atoms with Crippen molar-refractivity contribution in [1.29, 1.82) is 0 Å². The van der Waals surface area contributed by atoms with E-state index < -0.39 is 0 Å². The Morgan fingerprint density at radius 1 is 0.371 bits per heavy atom. The van der Waals surface area contributed by atoms with Crippen LogP contribution >= 0.6 is 11.3 Å². The highest BCUT2D eigenvalue weighted by molar-refractivity contribution is 7.26. The van der Waals surface area contributed by atoms with E-state index >= 15 is 0 Å². The summed E-state index contributed by atoms with van der Waals surface area (Å²) in [5.74, 6) is 0. The molecule has 0 unspecified atom stereocenters. The quantitative estimate of drug-likeness (QED) is 0.147. The van der Waals surface area contributed by atoms with Gasteiger partial charge in [0, 0.05) is 25.7 Å². The van der Waals surface area contributed by atoms with Crippen LogP contribution in [0.25, 0.3) is 131 Å². The number of fused-ring (bicyclic) bond motifs is 8. The van der Waals surface area contributed by atoms with Gasteiger partial charge in [0.15, 0.2) is 0 Å². The second-order valence-corrected chi connectivity index (χ2v) is 17.3. The summed E-state index contributed by atoms with van der Waals surface area (Å²) in [6.07, 6.45) is 6.53. The maximum atomic E-state index is 4.46. The first-order valence-corrected chi connectivity index (χ1v) is 22.2. The molecule has 0 N–H and O–H groups in total. The Labute approximate surface area is 365 Å². The van der Waals surface area contributed by atoms with Crippen LogP contribution < -0.4 is 0 Å². The molecule has 11 aromatic carbocycles. The monoisotopic (exact) mass is 804 g/mol. The van der Waals surface area contributed by atoms with Gasteiger partial charge in [-0.2, -0.15) is 0 Å². The highest BCUT2D eigenvalue weighted by Gasteiger charge is 2.23. The second-order valence-electron chi connectivity index (χ2n) is 16.2.